The van der Waals surface area contributed by atoms with E-state index in [0.29, 0.717) is 18.7 Å². The van der Waals surface area contributed by atoms with Crippen molar-refractivity contribution < 1.29 is 9.90 Å². The summed E-state index contributed by atoms with van der Waals surface area (Å²) in [6.07, 6.45) is 5.43. The highest BCUT2D eigenvalue weighted by molar-refractivity contribution is 14.0. The number of amides is 1. The number of aromatic hydroxyl groups is 1. The molecule has 2 aliphatic rings. The van der Waals surface area contributed by atoms with Crippen molar-refractivity contribution >= 4 is 35.8 Å². The number of aliphatic imine (C=N–C) groups is 1. The fraction of sp³-hybridized carbons (Fsp3) is 0.579. The van der Waals surface area contributed by atoms with Gasteiger partial charge in [-0.3, -0.25) is 9.79 Å². The second-order valence-electron chi connectivity index (χ2n) is 6.99. The number of carbonyl (C=O) groups excluding carboxylic acids is 1. The minimum Gasteiger partial charge on any atom is -0.508 e. The average Bonchev–Trinajstić information content (AvgIpc) is 3.06. The van der Waals surface area contributed by atoms with E-state index < -0.39 is 0 Å². The van der Waals surface area contributed by atoms with Crippen LogP contribution in [-0.4, -0.2) is 55.1 Å². The molecule has 2 unspecified atom stereocenters. The summed E-state index contributed by atoms with van der Waals surface area (Å²) in [5.74, 6) is 2.61. The molecule has 0 spiro atoms. The number of guanidine groups is 1. The van der Waals surface area contributed by atoms with Gasteiger partial charge in [0.1, 0.15) is 5.75 Å². The van der Waals surface area contributed by atoms with E-state index in [1.54, 1.807) is 12.1 Å². The Hall–Kier alpha value is -1.51. The zero-order valence-electron chi connectivity index (χ0n) is 15.3. The van der Waals surface area contributed by atoms with Gasteiger partial charge in [-0.05, 0) is 48.9 Å². The third-order valence-corrected chi connectivity index (χ3v) is 5.31. The van der Waals surface area contributed by atoms with Crippen molar-refractivity contribution in [3.8, 4) is 5.75 Å². The highest BCUT2D eigenvalue weighted by atomic mass is 127. The van der Waals surface area contributed by atoms with E-state index in [9.17, 15) is 9.90 Å². The molecule has 1 saturated heterocycles. The van der Waals surface area contributed by atoms with Crippen LogP contribution in [0, 0.1) is 11.8 Å². The Morgan fingerprint density at radius 1 is 1.12 bits per heavy atom. The summed E-state index contributed by atoms with van der Waals surface area (Å²) in [5.41, 5.74) is 0.547. The molecule has 0 radical (unpaired) electrons. The van der Waals surface area contributed by atoms with Gasteiger partial charge in [-0.1, -0.05) is 12.8 Å². The highest BCUT2D eigenvalue weighted by Gasteiger charge is 2.35. The van der Waals surface area contributed by atoms with Crippen molar-refractivity contribution in [1.29, 1.82) is 0 Å². The van der Waals surface area contributed by atoms with Gasteiger partial charge < -0.3 is 20.6 Å². The molecule has 1 aromatic carbocycles. The maximum atomic E-state index is 12.0. The number of halogens is 1. The summed E-state index contributed by atoms with van der Waals surface area (Å²) < 4.78 is 0. The summed E-state index contributed by atoms with van der Waals surface area (Å²) in [7, 11) is 1.82. The fourth-order valence-electron chi connectivity index (χ4n) is 3.98. The molecule has 1 aliphatic carbocycles. The molecule has 2 fully saturated rings. The van der Waals surface area contributed by atoms with Gasteiger partial charge in [0.15, 0.2) is 5.96 Å². The third kappa shape index (κ3) is 5.25. The Morgan fingerprint density at radius 3 is 2.27 bits per heavy atom. The SMILES string of the molecule is CN=C(NCCNC(=O)c1ccc(O)cc1)N1CC2CCCCC2C1.I. The topological polar surface area (TPSA) is 77.0 Å². The van der Waals surface area contributed by atoms with E-state index >= 15 is 0 Å². The summed E-state index contributed by atoms with van der Waals surface area (Å²) >= 11 is 0. The summed E-state index contributed by atoms with van der Waals surface area (Å²) in [4.78, 5) is 18.8. The minimum absolute atomic E-state index is 0. The molecule has 2 atom stereocenters. The quantitative estimate of drug-likeness (QED) is 0.272. The predicted molar refractivity (Wildman–Crippen MR) is 114 cm³/mol. The van der Waals surface area contributed by atoms with Gasteiger partial charge in [0.2, 0.25) is 0 Å². The van der Waals surface area contributed by atoms with Crippen molar-refractivity contribution in [1.82, 2.24) is 15.5 Å². The lowest BCUT2D eigenvalue weighted by Crippen LogP contribution is -2.43. The van der Waals surface area contributed by atoms with Crippen LogP contribution in [0.4, 0.5) is 0 Å². The lowest BCUT2D eigenvalue weighted by Gasteiger charge is -2.22. The first-order valence-electron chi connectivity index (χ1n) is 9.20. The molecule has 26 heavy (non-hydrogen) atoms. The van der Waals surface area contributed by atoms with Crippen LogP contribution in [0.3, 0.4) is 0 Å². The average molecular weight is 472 g/mol. The van der Waals surface area contributed by atoms with E-state index in [1.165, 1.54) is 37.8 Å². The molecule has 3 rings (SSSR count). The van der Waals surface area contributed by atoms with E-state index in [2.05, 4.69) is 20.5 Å². The van der Waals surface area contributed by atoms with Crippen LogP contribution in [0.2, 0.25) is 0 Å². The number of benzene rings is 1. The Morgan fingerprint density at radius 2 is 1.69 bits per heavy atom. The van der Waals surface area contributed by atoms with Crippen LogP contribution >= 0.6 is 24.0 Å². The smallest absolute Gasteiger partial charge is 0.251 e. The molecule has 7 heteroatoms. The molecule has 144 valence electrons. The zero-order chi connectivity index (χ0) is 17.6. The second kappa shape index (κ2) is 9.99. The summed E-state index contributed by atoms with van der Waals surface area (Å²) in [6.45, 7) is 3.37. The molecule has 0 bridgehead atoms. The maximum absolute atomic E-state index is 12.0. The molecule has 1 amide bonds. The molecule has 1 aromatic rings. The summed E-state index contributed by atoms with van der Waals surface area (Å²) in [5, 5.41) is 15.5. The van der Waals surface area contributed by atoms with Gasteiger partial charge in [0.05, 0.1) is 0 Å². The van der Waals surface area contributed by atoms with Crippen molar-refractivity contribution in [3.63, 3.8) is 0 Å². The number of likely N-dealkylation sites (tertiary alicyclic amines) is 1. The van der Waals surface area contributed by atoms with Gasteiger partial charge in [-0.2, -0.15) is 0 Å². The van der Waals surface area contributed by atoms with Crippen molar-refractivity contribution in [2.24, 2.45) is 16.8 Å². The molecular weight excluding hydrogens is 443 g/mol. The van der Waals surface area contributed by atoms with E-state index in [-0.39, 0.29) is 35.6 Å². The summed E-state index contributed by atoms with van der Waals surface area (Å²) in [6, 6.07) is 6.26. The van der Waals surface area contributed by atoms with E-state index in [4.69, 9.17) is 0 Å². The number of hydrogen-bond acceptors (Lipinski definition) is 3. The van der Waals surface area contributed by atoms with Gasteiger partial charge >= 0.3 is 0 Å². The Kier molecular flexibility index (Phi) is 7.99. The highest BCUT2D eigenvalue weighted by Crippen LogP contribution is 2.35. The predicted octanol–water partition coefficient (Wildman–Crippen LogP) is 2.44. The first kappa shape index (κ1) is 20.8. The van der Waals surface area contributed by atoms with Gasteiger partial charge in [-0.15, -0.1) is 24.0 Å². The number of nitrogens with zero attached hydrogens (tertiary/aromatic N) is 2. The number of phenolic OH excluding ortho intramolecular Hbond substituents is 1. The zero-order valence-corrected chi connectivity index (χ0v) is 17.6. The van der Waals surface area contributed by atoms with Crippen LogP contribution < -0.4 is 10.6 Å². The van der Waals surface area contributed by atoms with Crippen LogP contribution in [-0.2, 0) is 0 Å². The number of fused-ring (bicyclic) bond motifs is 1. The Balaban J connectivity index is 0.00000243. The molecule has 0 aromatic heterocycles. The molecule has 1 aliphatic heterocycles. The third-order valence-electron chi connectivity index (χ3n) is 5.31. The van der Waals surface area contributed by atoms with Gasteiger partial charge in [-0.25, -0.2) is 0 Å². The normalized spacial score (nSPS) is 22.3. The molecule has 1 heterocycles. The van der Waals surface area contributed by atoms with Crippen molar-refractivity contribution in [2.45, 2.75) is 25.7 Å². The monoisotopic (exact) mass is 472 g/mol. The molecule has 3 N–H and O–H groups in total. The first-order chi connectivity index (χ1) is 12.2. The number of carbonyl (C=O) groups is 1. The van der Waals surface area contributed by atoms with Crippen molar-refractivity contribution in [2.75, 3.05) is 33.2 Å². The van der Waals surface area contributed by atoms with Gasteiger partial charge in [0, 0.05) is 38.8 Å². The molecular formula is C19H29IN4O2. The molecule has 6 nitrogen and oxygen atoms in total. The lowest BCUT2D eigenvalue weighted by molar-refractivity contribution is 0.0954. The first-order valence-corrected chi connectivity index (χ1v) is 9.20. The lowest BCUT2D eigenvalue weighted by atomic mass is 9.82. The number of hydrogen-bond donors (Lipinski definition) is 3. The van der Waals surface area contributed by atoms with Crippen molar-refractivity contribution in [3.05, 3.63) is 29.8 Å². The van der Waals surface area contributed by atoms with Crippen LogP contribution in [0.15, 0.2) is 29.3 Å². The maximum Gasteiger partial charge on any atom is 0.251 e. The van der Waals surface area contributed by atoms with Crippen LogP contribution in [0.5, 0.6) is 5.75 Å². The number of phenols is 1. The Bertz CT molecular complexity index is 606. The van der Waals surface area contributed by atoms with Gasteiger partial charge in [0.25, 0.3) is 5.91 Å². The van der Waals surface area contributed by atoms with E-state index in [0.717, 1.165) is 30.9 Å². The van der Waals surface area contributed by atoms with Crippen LogP contribution in [0.1, 0.15) is 36.0 Å². The Labute approximate surface area is 172 Å². The molecule has 1 saturated carbocycles. The standard InChI is InChI=1S/C19H28N4O2.HI/c1-20-19(23-12-15-4-2-3-5-16(15)13-23)22-11-10-21-18(25)14-6-8-17(24)9-7-14;/h6-9,15-16,24H,2-5,10-13H2,1H3,(H,20,22)(H,21,25);1H. The minimum atomic E-state index is -0.135. The number of rotatable bonds is 4. The second-order valence-corrected chi connectivity index (χ2v) is 6.99. The number of nitrogens with one attached hydrogen (secondary N) is 2. The fourth-order valence-corrected chi connectivity index (χ4v) is 3.98. The van der Waals surface area contributed by atoms with E-state index in [1.807, 2.05) is 7.05 Å². The van der Waals surface area contributed by atoms with Crippen LogP contribution in [0.25, 0.3) is 0 Å². The largest absolute Gasteiger partial charge is 0.508 e.